The van der Waals surface area contributed by atoms with Gasteiger partial charge in [-0.2, -0.15) is 14.8 Å². The zero-order valence-electron chi connectivity index (χ0n) is 13.5. The molecule has 1 amide bonds. The number of hydrogen-bond donors (Lipinski definition) is 2. The normalized spacial score (nSPS) is 12.2. The summed E-state index contributed by atoms with van der Waals surface area (Å²) < 4.78 is 1.53. The van der Waals surface area contributed by atoms with E-state index in [-0.39, 0.29) is 11.9 Å². The van der Waals surface area contributed by atoms with Gasteiger partial charge in [-0.3, -0.25) is 10.1 Å². The average molecular weight is 326 g/mol. The number of nitrogens with zero attached hydrogens (tertiary/aromatic N) is 6. The van der Waals surface area contributed by atoms with Crippen LogP contribution in [0.25, 0.3) is 16.9 Å². The fraction of sp³-hybridized carbons (Fsp3) is 0.333. The molecule has 0 fully saturated rings. The van der Waals surface area contributed by atoms with Crippen molar-refractivity contribution in [2.24, 2.45) is 5.92 Å². The lowest BCUT2D eigenvalue weighted by molar-refractivity contribution is -0.117. The summed E-state index contributed by atoms with van der Waals surface area (Å²) in [4.78, 5) is 28.5. The SMILES string of the molecule is CCC(C)CC(=O)Nc1nccc(-n2ncc3c(N)ncnc32)n1. The molecule has 3 rings (SSSR count). The Labute approximate surface area is 138 Å². The highest BCUT2D eigenvalue weighted by molar-refractivity contribution is 5.89. The molecule has 9 heteroatoms. The lowest BCUT2D eigenvalue weighted by atomic mass is 10.1. The van der Waals surface area contributed by atoms with Crippen molar-refractivity contribution in [3.8, 4) is 5.82 Å². The minimum Gasteiger partial charge on any atom is -0.383 e. The zero-order chi connectivity index (χ0) is 17.1. The van der Waals surface area contributed by atoms with Crippen molar-refractivity contribution in [2.75, 3.05) is 11.1 Å². The fourth-order valence-electron chi connectivity index (χ4n) is 2.19. The summed E-state index contributed by atoms with van der Waals surface area (Å²) in [5.74, 6) is 1.26. The molecule has 3 heterocycles. The van der Waals surface area contributed by atoms with Crippen LogP contribution in [0.2, 0.25) is 0 Å². The smallest absolute Gasteiger partial charge is 0.231 e. The van der Waals surface area contributed by atoms with Gasteiger partial charge in [0.25, 0.3) is 0 Å². The van der Waals surface area contributed by atoms with Crippen molar-refractivity contribution in [2.45, 2.75) is 26.7 Å². The van der Waals surface area contributed by atoms with E-state index in [4.69, 9.17) is 5.73 Å². The van der Waals surface area contributed by atoms with E-state index in [0.717, 1.165) is 6.42 Å². The van der Waals surface area contributed by atoms with Crippen LogP contribution < -0.4 is 11.1 Å². The summed E-state index contributed by atoms with van der Waals surface area (Å²) in [7, 11) is 0. The molecule has 0 radical (unpaired) electrons. The van der Waals surface area contributed by atoms with Crippen LogP contribution in [0.15, 0.2) is 24.8 Å². The van der Waals surface area contributed by atoms with Gasteiger partial charge in [-0.05, 0) is 5.92 Å². The fourth-order valence-corrected chi connectivity index (χ4v) is 2.19. The van der Waals surface area contributed by atoms with E-state index in [1.165, 1.54) is 11.0 Å². The van der Waals surface area contributed by atoms with Gasteiger partial charge in [-0.15, -0.1) is 0 Å². The largest absolute Gasteiger partial charge is 0.383 e. The van der Waals surface area contributed by atoms with E-state index in [1.807, 2.05) is 13.8 Å². The Balaban J connectivity index is 1.87. The van der Waals surface area contributed by atoms with Crippen LogP contribution in [0.1, 0.15) is 26.7 Å². The van der Waals surface area contributed by atoms with Crippen LogP contribution in [0.4, 0.5) is 11.8 Å². The molecule has 1 unspecified atom stereocenters. The molecule has 0 saturated carbocycles. The van der Waals surface area contributed by atoms with Gasteiger partial charge in [0.2, 0.25) is 11.9 Å². The maximum Gasteiger partial charge on any atom is 0.231 e. The number of amides is 1. The van der Waals surface area contributed by atoms with Gasteiger partial charge in [0.15, 0.2) is 11.5 Å². The Morgan fingerprint density at radius 1 is 1.38 bits per heavy atom. The number of nitrogens with one attached hydrogen (secondary N) is 1. The Hall–Kier alpha value is -3.10. The molecule has 0 aliphatic carbocycles. The van der Waals surface area contributed by atoms with Gasteiger partial charge in [-0.1, -0.05) is 20.3 Å². The second-order valence-corrected chi connectivity index (χ2v) is 5.56. The topological polar surface area (TPSA) is 124 Å². The maximum atomic E-state index is 12.0. The molecular weight excluding hydrogens is 308 g/mol. The van der Waals surface area contributed by atoms with Crippen LogP contribution >= 0.6 is 0 Å². The molecule has 1 atom stereocenters. The van der Waals surface area contributed by atoms with E-state index < -0.39 is 0 Å². The average Bonchev–Trinajstić information content (AvgIpc) is 3.00. The number of fused-ring (bicyclic) bond motifs is 1. The highest BCUT2D eigenvalue weighted by atomic mass is 16.1. The van der Waals surface area contributed by atoms with Crippen LogP contribution in [-0.4, -0.2) is 35.6 Å². The van der Waals surface area contributed by atoms with Crippen molar-refractivity contribution in [3.63, 3.8) is 0 Å². The second kappa shape index (κ2) is 6.57. The highest BCUT2D eigenvalue weighted by Crippen LogP contribution is 2.18. The molecule has 3 aromatic rings. The van der Waals surface area contributed by atoms with E-state index >= 15 is 0 Å². The Bertz CT molecular complexity index is 875. The van der Waals surface area contributed by atoms with Crippen LogP contribution in [0, 0.1) is 5.92 Å². The first kappa shape index (κ1) is 15.8. The third-order valence-corrected chi connectivity index (χ3v) is 3.74. The molecule has 0 saturated heterocycles. The van der Waals surface area contributed by atoms with E-state index in [2.05, 4.69) is 30.4 Å². The van der Waals surface area contributed by atoms with Gasteiger partial charge in [0.1, 0.15) is 12.1 Å². The van der Waals surface area contributed by atoms with E-state index in [0.29, 0.717) is 35.0 Å². The number of nitrogen functional groups attached to an aromatic ring is 1. The molecule has 0 bridgehead atoms. The molecule has 0 aliphatic heterocycles. The Morgan fingerprint density at radius 3 is 3.00 bits per heavy atom. The lowest BCUT2D eigenvalue weighted by Gasteiger charge is -2.09. The number of carbonyl (C=O) groups is 1. The summed E-state index contributed by atoms with van der Waals surface area (Å²) in [6.45, 7) is 4.07. The maximum absolute atomic E-state index is 12.0. The van der Waals surface area contributed by atoms with E-state index in [1.54, 1.807) is 18.5 Å². The lowest BCUT2D eigenvalue weighted by Crippen LogP contribution is -2.17. The monoisotopic (exact) mass is 326 g/mol. The third-order valence-electron chi connectivity index (χ3n) is 3.74. The number of hydrogen-bond acceptors (Lipinski definition) is 7. The quantitative estimate of drug-likeness (QED) is 0.729. The van der Waals surface area contributed by atoms with Crippen molar-refractivity contribution in [3.05, 3.63) is 24.8 Å². The molecule has 0 aliphatic rings. The summed E-state index contributed by atoms with van der Waals surface area (Å²) in [6.07, 6.45) is 5.87. The Morgan fingerprint density at radius 2 is 2.21 bits per heavy atom. The molecule has 124 valence electrons. The van der Waals surface area contributed by atoms with Gasteiger partial charge in [-0.25, -0.2) is 15.0 Å². The zero-order valence-corrected chi connectivity index (χ0v) is 13.5. The number of carbonyl (C=O) groups excluding carboxylic acids is 1. The van der Waals surface area contributed by atoms with E-state index in [9.17, 15) is 4.79 Å². The summed E-state index contributed by atoms with van der Waals surface area (Å²) in [6, 6.07) is 1.68. The number of rotatable bonds is 5. The van der Waals surface area contributed by atoms with Crippen molar-refractivity contribution >= 4 is 28.7 Å². The summed E-state index contributed by atoms with van der Waals surface area (Å²) in [5.41, 5.74) is 6.35. The predicted octanol–water partition coefficient (Wildman–Crippen LogP) is 1.56. The summed E-state index contributed by atoms with van der Waals surface area (Å²) in [5, 5.41) is 7.59. The molecule has 24 heavy (non-hydrogen) atoms. The van der Waals surface area contributed by atoms with Crippen LogP contribution in [-0.2, 0) is 4.79 Å². The summed E-state index contributed by atoms with van der Waals surface area (Å²) >= 11 is 0. The number of nitrogens with two attached hydrogens (primary N) is 1. The minimum atomic E-state index is -0.113. The predicted molar refractivity (Wildman–Crippen MR) is 89.4 cm³/mol. The van der Waals surface area contributed by atoms with Crippen LogP contribution in [0.5, 0.6) is 0 Å². The van der Waals surface area contributed by atoms with Crippen LogP contribution in [0.3, 0.4) is 0 Å². The molecule has 3 aromatic heterocycles. The van der Waals surface area contributed by atoms with Gasteiger partial charge < -0.3 is 5.73 Å². The molecule has 0 aromatic carbocycles. The molecule has 9 nitrogen and oxygen atoms in total. The van der Waals surface area contributed by atoms with Gasteiger partial charge >= 0.3 is 0 Å². The second-order valence-electron chi connectivity index (χ2n) is 5.56. The van der Waals surface area contributed by atoms with Crippen molar-refractivity contribution in [1.29, 1.82) is 0 Å². The Kier molecular flexibility index (Phi) is 4.32. The first-order valence-corrected chi connectivity index (χ1v) is 7.66. The van der Waals surface area contributed by atoms with Crippen molar-refractivity contribution in [1.82, 2.24) is 29.7 Å². The first-order valence-electron chi connectivity index (χ1n) is 7.66. The standard InChI is InChI=1S/C15H18N8O/c1-3-9(2)6-12(24)22-15-17-5-4-11(21-15)23-14-10(7-20-23)13(16)18-8-19-14/h4-5,7-9H,3,6H2,1-2H3,(H2,16,18,19)(H,17,21,22,24). The molecular formula is C15H18N8O. The van der Waals surface area contributed by atoms with Gasteiger partial charge in [0, 0.05) is 18.7 Å². The minimum absolute atomic E-state index is 0.113. The molecule has 0 spiro atoms. The first-order chi connectivity index (χ1) is 11.6. The third kappa shape index (κ3) is 3.14. The number of anilines is 2. The van der Waals surface area contributed by atoms with Gasteiger partial charge in [0.05, 0.1) is 11.6 Å². The number of aromatic nitrogens is 6. The van der Waals surface area contributed by atoms with Crippen molar-refractivity contribution < 1.29 is 4.79 Å². The highest BCUT2D eigenvalue weighted by Gasteiger charge is 2.13. The molecule has 3 N–H and O–H groups in total.